The van der Waals surface area contributed by atoms with Gasteiger partial charge >= 0.3 is 0 Å². The Labute approximate surface area is 162 Å². The maximum Gasteiger partial charge on any atom is -0.0276 e. The van der Waals surface area contributed by atoms with Gasteiger partial charge in [-0.1, -0.05) is 88.1 Å². The molecule has 0 heterocycles. The Morgan fingerprint density at radius 3 is 1.81 bits per heavy atom. The topological polar surface area (TPSA) is 0 Å². The lowest BCUT2D eigenvalue weighted by atomic mass is 9.93. The molecular formula is C26H38. The zero-order valence-electron chi connectivity index (χ0n) is 17.1. The van der Waals surface area contributed by atoms with Crippen LogP contribution in [0.2, 0.25) is 0 Å². The van der Waals surface area contributed by atoms with Crippen LogP contribution in [0, 0.1) is 0 Å². The number of aryl methyl sites for hydroxylation is 4. The van der Waals surface area contributed by atoms with E-state index in [2.05, 4.69) is 62.4 Å². The van der Waals surface area contributed by atoms with Crippen molar-refractivity contribution in [2.24, 2.45) is 0 Å². The Hall–Kier alpha value is -1.56. The van der Waals surface area contributed by atoms with Crippen molar-refractivity contribution < 1.29 is 0 Å². The van der Waals surface area contributed by atoms with Gasteiger partial charge in [-0.2, -0.15) is 0 Å². The molecule has 2 aromatic carbocycles. The van der Waals surface area contributed by atoms with Crippen molar-refractivity contribution in [2.45, 2.75) is 90.9 Å². The zero-order chi connectivity index (χ0) is 18.5. The molecule has 0 heteroatoms. The second-order valence-electron chi connectivity index (χ2n) is 7.71. The molecule has 0 bridgehead atoms. The van der Waals surface area contributed by atoms with Gasteiger partial charge in [0.05, 0.1) is 0 Å². The van der Waals surface area contributed by atoms with Crippen LogP contribution in [0.5, 0.6) is 0 Å². The summed E-state index contributed by atoms with van der Waals surface area (Å²) in [6, 6.07) is 18.3. The molecule has 0 saturated carbocycles. The van der Waals surface area contributed by atoms with E-state index in [-0.39, 0.29) is 0 Å². The van der Waals surface area contributed by atoms with Crippen LogP contribution in [0.4, 0.5) is 0 Å². The predicted molar refractivity (Wildman–Crippen MR) is 116 cm³/mol. The SMILES string of the molecule is CCCCCc1ccc(CCCCc2ccccc2)c(CCCCC)c1. The molecular weight excluding hydrogens is 312 g/mol. The van der Waals surface area contributed by atoms with E-state index in [1.165, 1.54) is 82.6 Å². The number of hydrogen-bond donors (Lipinski definition) is 0. The van der Waals surface area contributed by atoms with Crippen molar-refractivity contribution in [1.82, 2.24) is 0 Å². The number of hydrogen-bond acceptors (Lipinski definition) is 0. The highest BCUT2D eigenvalue weighted by Crippen LogP contribution is 2.20. The highest BCUT2D eigenvalue weighted by molar-refractivity contribution is 5.32. The fourth-order valence-electron chi connectivity index (χ4n) is 3.75. The van der Waals surface area contributed by atoms with Gasteiger partial charge in [0, 0.05) is 0 Å². The molecule has 0 aliphatic heterocycles. The van der Waals surface area contributed by atoms with E-state index < -0.39 is 0 Å². The van der Waals surface area contributed by atoms with Gasteiger partial charge in [-0.3, -0.25) is 0 Å². The van der Waals surface area contributed by atoms with E-state index in [0.29, 0.717) is 0 Å². The Morgan fingerprint density at radius 2 is 1.08 bits per heavy atom. The summed E-state index contributed by atoms with van der Waals surface area (Å²) in [5.74, 6) is 0. The van der Waals surface area contributed by atoms with E-state index in [1.54, 1.807) is 16.7 Å². The molecule has 0 unspecified atom stereocenters. The average molecular weight is 351 g/mol. The summed E-state index contributed by atoms with van der Waals surface area (Å²) in [4.78, 5) is 0. The second kappa shape index (κ2) is 12.7. The number of unbranched alkanes of at least 4 members (excludes halogenated alkanes) is 5. The monoisotopic (exact) mass is 350 g/mol. The first-order valence-corrected chi connectivity index (χ1v) is 11.0. The minimum atomic E-state index is 1.21. The first kappa shape index (κ1) is 20.7. The average Bonchev–Trinajstić information content (AvgIpc) is 2.68. The highest BCUT2D eigenvalue weighted by atomic mass is 14.1. The van der Waals surface area contributed by atoms with Crippen LogP contribution in [-0.4, -0.2) is 0 Å². The molecule has 26 heavy (non-hydrogen) atoms. The van der Waals surface area contributed by atoms with E-state index >= 15 is 0 Å². The van der Waals surface area contributed by atoms with Gasteiger partial charge < -0.3 is 0 Å². The summed E-state index contributed by atoms with van der Waals surface area (Å²) in [7, 11) is 0. The van der Waals surface area contributed by atoms with Crippen molar-refractivity contribution in [2.75, 3.05) is 0 Å². The number of rotatable bonds is 13. The normalized spacial score (nSPS) is 11.0. The summed E-state index contributed by atoms with van der Waals surface area (Å²) < 4.78 is 0. The Morgan fingerprint density at radius 1 is 0.500 bits per heavy atom. The van der Waals surface area contributed by atoms with Crippen molar-refractivity contribution in [3.8, 4) is 0 Å². The Kier molecular flexibility index (Phi) is 10.2. The third kappa shape index (κ3) is 7.77. The molecule has 0 fully saturated rings. The summed E-state index contributed by atoms with van der Waals surface area (Å²) >= 11 is 0. The Balaban J connectivity index is 1.89. The summed E-state index contributed by atoms with van der Waals surface area (Å²) in [5.41, 5.74) is 6.26. The fraction of sp³-hybridized carbons (Fsp3) is 0.538. The van der Waals surface area contributed by atoms with Crippen LogP contribution in [0.25, 0.3) is 0 Å². The minimum Gasteiger partial charge on any atom is -0.0654 e. The first-order valence-electron chi connectivity index (χ1n) is 11.0. The third-order valence-corrected chi connectivity index (χ3v) is 5.39. The van der Waals surface area contributed by atoms with Gasteiger partial charge in [0.1, 0.15) is 0 Å². The first-order chi connectivity index (χ1) is 12.8. The molecule has 0 atom stereocenters. The molecule has 0 amide bonds. The van der Waals surface area contributed by atoms with Crippen molar-refractivity contribution in [3.05, 3.63) is 70.8 Å². The quantitative estimate of drug-likeness (QED) is 0.324. The molecule has 2 rings (SSSR count). The van der Waals surface area contributed by atoms with E-state index in [9.17, 15) is 0 Å². The third-order valence-electron chi connectivity index (χ3n) is 5.39. The fourth-order valence-corrected chi connectivity index (χ4v) is 3.75. The van der Waals surface area contributed by atoms with Crippen LogP contribution in [0.3, 0.4) is 0 Å². The molecule has 0 aromatic heterocycles. The lowest BCUT2D eigenvalue weighted by molar-refractivity contribution is 0.694. The lowest BCUT2D eigenvalue weighted by Crippen LogP contribution is -1.99. The predicted octanol–water partition coefficient (Wildman–Crippen LogP) is 7.72. The van der Waals surface area contributed by atoms with Crippen molar-refractivity contribution >= 4 is 0 Å². The molecule has 0 spiro atoms. The molecule has 0 saturated heterocycles. The molecule has 0 radical (unpaired) electrons. The largest absolute Gasteiger partial charge is 0.0654 e. The molecule has 142 valence electrons. The van der Waals surface area contributed by atoms with Crippen LogP contribution in [0.1, 0.15) is 87.5 Å². The van der Waals surface area contributed by atoms with Crippen LogP contribution in [0.15, 0.2) is 48.5 Å². The zero-order valence-corrected chi connectivity index (χ0v) is 17.1. The second-order valence-corrected chi connectivity index (χ2v) is 7.71. The number of benzene rings is 2. The van der Waals surface area contributed by atoms with Crippen LogP contribution >= 0.6 is 0 Å². The summed E-state index contributed by atoms with van der Waals surface area (Å²) in [5, 5.41) is 0. The summed E-state index contributed by atoms with van der Waals surface area (Å²) in [6.07, 6.45) is 15.6. The van der Waals surface area contributed by atoms with Gasteiger partial charge in [0.15, 0.2) is 0 Å². The van der Waals surface area contributed by atoms with Crippen LogP contribution in [-0.2, 0) is 25.7 Å². The molecule has 0 aliphatic rings. The molecule has 0 N–H and O–H groups in total. The maximum atomic E-state index is 2.53. The van der Waals surface area contributed by atoms with Crippen LogP contribution < -0.4 is 0 Å². The molecule has 0 nitrogen and oxygen atoms in total. The van der Waals surface area contributed by atoms with E-state index in [0.717, 1.165) is 0 Å². The van der Waals surface area contributed by atoms with Gasteiger partial charge in [-0.25, -0.2) is 0 Å². The highest BCUT2D eigenvalue weighted by Gasteiger charge is 2.05. The molecule has 0 aliphatic carbocycles. The standard InChI is InChI=1S/C26H38/c1-3-5-8-17-24-20-21-25(26(22-24)19-9-6-4-2)18-13-12-16-23-14-10-7-11-15-23/h7,10-11,14-15,20-22H,3-6,8-9,12-13,16-19H2,1-2H3. The molecule has 2 aromatic rings. The maximum absolute atomic E-state index is 2.53. The van der Waals surface area contributed by atoms with Gasteiger partial charge in [-0.05, 0) is 73.6 Å². The van der Waals surface area contributed by atoms with Gasteiger partial charge in [0.2, 0.25) is 0 Å². The lowest BCUT2D eigenvalue weighted by Gasteiger charge is -2.12. The summed E-state index contributed by atoms with van der Waals surface area (Å²) in [6.45, 7) is 4.58. The minimum absolute atomic E-state index is 1.21. The van der Waals surface area contributed by atoms with Crippen molar-refractivity contribution in [1.29, 1.82) is 0 Å². The van der Waals surface area contributed by atoms with Crippen molar-refractivity contribution in [3.63, 3.8) is 0 Å². The van der Waals surface area contributed by atoms with E-state index in [4.69, 9.17) is 0 Å². The Bertz CT molecular complexity index is 597. The van der Waals surface area contributed by atoms with Gasteiger partial charge in [0.25, 0.3) is 0 Å². The van der Waals surface area contributed by atoms with Gasteiger partial charge in [-0.15, -0.1) is 0 Å². The smallest absolute Gasteiger partial charge is 0.0276 e. The van der Waals surface area contributed by atoms with E-state index in [1.807, 2.05) is 0 Å².